The van der Waals surface area contributed by atoms with Gasteiger partial charge in [0.1, 0.15) is 0 Å². The van der Waals surface area contributed by atoms with Gasteiger partial charge in [0.15, 0.2) is 0 Å². The summed E-state index contributed by atoms with van der Waals surface area (Å²) in [6.07, 6.45) is 14.2. The highest BCUT2D eigenvalue weighted by atomic mass is 16.5. The van der Waals surface area contributed by atoms with Crippen LogP contribution in [0.3, 0.4) is 0 Å². The van der Waals surface area contributed by atoms with Crippen LogP contribution in [0.15, 0.2) is 0 Å². The Hall–Kier alpha value is -0.0800. The minimum absolute atomic E-state index is 0.198. The molecule has 0 bridgehead atoms. The average Bonchev–Trinajstić information content (AvgIpc) is 2.38. The quantitative estimate of drug-likeness (QED) is 0.825. The highest BCUT2D eigenvalue weighted by Crippen LogP contribution is 2.41. The number of hydrogen-bond acceptors (Lipinski definition) is 2. The molecule has 3 aliphatic rings. The average molecular weight is 251 g/mol. The van der Waals surface area contributed by atoms with E-state index in [9.17, 15) is 0 Å². The highest BCUT2D eigenvalue weighted by Gasteiger charge is 2.38. The van der Waals surface area contributed by atoms with Crippen molar-refractivity contribution in [2.24, 2.45) is 11.8 Å². The molecule has 3 atom stereocenters. The summed E-state index contributed by atoms with van der Waals surface area (Å²) in [5, 5.41) is 3.82. The zero-order valence-corrected chi connectivity index (χ0v) is 11.9. The van der Waals surface area contributed by atoms with Crippen LogP contribution in [0.2, 0.25) is 0 Å². The van der Waals surface area contributed by atoms with Gasteiger partial charge in [0.25, 0.3) is 0 Å². The van der Waals surface area contributed by atoms with Crippen molar-refractivity contribution in [2.45, 2.75) is 75.9 Å². The Morgan fingerprint density at radius 1 is 1.00 bits per heavy atom. The molecule has 0 amide bonds. The number of rotatable bonds is 4. The van der Waals surface area contributed by atoms with Gasteiger partial charge in [-0.25, -0.2) is 0 Å². The van der Waals surface area contributed by atoms with Crippen LogP contribution in [-0.4, -0.2) is 25.3 Å². The summed E-state index contributed by atoms with van der Waals surface area (Å²) in [7, 11) is 1.89. The third kappa shape index (κ3) is 2.60. The fraction of sp³-hybridized carbons (Fsp3) is 1.00. The Labute approximate surface area is 112 Å². The lowest BCUT2D eigenvalue weighted by Gasteiger charge is -2.44. The SMILES string of the molecule is COC1(CNC2CCC3CCCCC3C2)CCC1. The number of nitrogens with one attached hydrogen (secondary N) is 1. The van der Waals surface area contributed by atoms with Gasteiger partial charge in [0.05, 0.1) is 5.60 Å². The monoisotopic (exact) mass is 251 g/mol. The van der Waals surface area contributed by atoms with Crippen molar-refractivity contribution in [1.29, 1.82) is 0 Å². The van der Waals surface area contributed by atoms with E-state index in [4.69, 9.17) is 4.74 Å². The smallest absolute Gasteiger partial charge is 0.0802 e. The fourth-order valence-corrected chi connectivity index (χ4v) is 4.41. The molecule has 1 N–H and O–H groups in total. The van der Waals surface area contributed by atoms with Crippen LogP contribution in [0, 0.1) is 11.8 Å². The van der Waals surface area contributed by atoms with E-state index in [0.717, 1.165) is 24.4 Å². The van der Waals surface area contributed by atoms with Crippen LogP contribution in [0.5, 0.6) is 0 Å². The summed E-state index contributed by atoms with van der Waals surface area (Å²) < 4.78 is 5.71. The Morgan fingerprint density at radius 3 is 2.44 bits per heavy atom. The topological polar surface area (TPSA) is 21.3 Å². The molecule has 18 heavy (non-hydrogen) atoms. The third-order valence-corrected chi connectivity index (χ3v) is 5.95. The van der Waals surface area contributed by atoms with E-state index >= 15 is 0 Å². The molecule has 3 aliphatic carbocycles. The molecule has 0 spiro atoms. The minimum atomic E-state index is 0.198. The van der Waals surface area contributed by atoms with Crippen LogP contribution >= 0.6 is 0 Å². The molecule has 0 radical (unpaired) electrons. The molecule has 2 heteroatoms. The third-order valence-electron chi connectivity index (χ3n) is 5.95. The molecule has 3 rings (SSSR count). The molecular formula is C16H29NO. The van der Waals surface area contributed by atoms with Crippen molar-refractivity contribution in [2.75, 3.05) is 13.7 Å². The number of hydrogen-bond donors (Lipinski definition) is 1. The Kier molecular flexibility index (Phi) is 3.95. The van der Waals surface area contributed by atoms with E-state index in [1.54, 1.807) is 0 Å². The molecule has 0 aromatic carbocycles. The second-order valence-electron chi connectivity index (χ2n) is 6.94. The van der Waals surface area contributed by atoms with E-state index in [0.29, 0.717) is 0 Å². The lowest BCUT2D eigenvalue weighted by molar-refractivity contribution is -0.0722. The molecular weight excluding hydrogens is 222 g/mol. The van der Waals surface area contributed by atoms with Crippen molar-refractivity contribution in [3.8, 4) is 0 Å². The van der Waals surface area contributed by atoms with Gasteiger partial charge in [-0.05, 0) is 50.4 Å². The van der Waals surface area contributed by atoms with Crippen molar-refractivity contribution >= 4 is 0 Å². The predicted molar refractivity (Wildman–Crippen MR) is 74.7 cm³/mol. The van der Waals surface area contributed by atoms with Crippen molar-refractivity contribution in [1.82, 2.24) is 5.32 Å². The van der Waals surface area contributed by atoms with Crippen LogP contribution in [0.1, 0.15) is 64.2 Å². The summed E-state index contributed by atoms with van der Waals surface area (Å²) in [6.45, 7) is 1.09. The molecule has 0 aliphatic heterocycles. The summed E-state index contributed by atoms with van der Waals surface area (Å²) in [5.41, 5.74) is 0.198. The van der Waals surface area contributed by atoms with Crippen molar-refractivity contribution in [3.05, 3.63) is 0 Å². The zero-order chi connectivity index (χ0) is 12.4. The highest BCUT2D eigenvalue weighted by molar-refractivity contribution is 4.94. The second-order valence-corrected chi connectivity index (χ2v) is 6.94. The summed E-state index contributed by atoms with van der Waals surface area (Å²) in [5.74, 6) is 2.10. The number of ether oxygens (including phenoxy) is 1. The summed E-state index contributed by atoms with van der Waals surface area (Å²) in [4.78, 5) is 0. The molecule has 0 aromatic rings. The van der Waals surface area contributed by atoms with Crippen LogP contribution in [0.4, 0.5) is 0 Å². The molecule has 3 fully saturated rings. The van der Waals surface area contributed by atoms with Crippen LogP contribution < -0.4 is 5.32 Å². The maximum Gasteiger partial charge on any atom is 0.0802 e. The normalized spacial score (nSPS) is 38.8. The largest absolute Gasteiger partial charge is 0.377 e. The second kappa shape index (κ2) is 5.50. The molecule has 0 heterocycles. The van der Waals surface area contributed by atoms with E-state index in [2.05, 4.69) is 5.32 Å². The first-order valence-electron chi connectivity index (χ1n) is 8.10. The first-order chi connectivity index (χ1) is 8.81. The number of fused-ring (bicyclic) bond motifs is 1. The van der Waals surface area contributed by atoms with Crippen LogP contribution in [-0.2, 0) is 4.74 Å². The van der Waals surface area contributed by atoms with Gasteiger partial charge in [-0.3, -0.25) is 0 Å². The van der Waals surface area contributed by atoms with Gasteiger partial charge >= 0.3 is 0 Å². The zero-order valence-electron chi connectivity index (χ0n) is 11.9. The van der Waals surface area contributed by atoms with E-state index in [-0.39, 0.29) is 5.60 Å². The van der Waals surface area contributed by atoms with E-state index in [1.807, 2.05) is 7.11 Å². The molecule has 2 nitrogen and oxygen atoms in total. The first-order valence-corrected chi connectivity index (χ1v) is 8.10. The lowest BCUT2D eigenvalue weighted by atomic mass is 9.69. The molecule has 3 saturated carbocycles. The Morgan fingerprint density at radius 2 is 1.78 bits per heavy atom. The maximum absolute atomic E-state index is 5.71. The van der Waals surface area contributed by atoms with Crippen LogP contribution in [0.25, 0.3) is 0 Å². The molecule has 0 aromatic heterocycles. The van der Waals surface area contributed by atoms with Gasteiger partial charge in [0.2, 0.25) is 0 Å². The van der Waals surface area contributed by atoms with Gasteiger partial charge in [0, 0.05) is 19.7 Å². The Balaban J connectivity index is 1.46. The minimum Gasteiger partial charge on any atom is -0.377 e. The Bertz CT molecular complexity index is 269. The van der Waals surface area contributed by atoms with Gasteiger partial charge in [-0.15, -0.1) is 0 Å². The fourth-order valence-electron chi connectivity index (χ4n) is 4.41. The van der Waals surface area contributed by atoms with E-state index in [1.165, 1.54) is 64.2 Å². The van der Waals surface area contributed by atoms with E-state index < -0.39 is 0 Å². The van der Waals surface area contributed by atoms with Crippen molar-refractivity contribution < 1.29 is 4.74 Å². The number of methoxy groups -OCH3 is 1. The van der Waals surface area contributed by atoms with Crippen molar-refractivity contribution in [3.63, 3.8) is 0 Å². The van der Waals surface area contributed by atoms with Gasteiger partial charge < -0.3 is 10.1 Å². The maximum atomic E-state index is 5.71. The molecule has 3 unspecified atom stereocenters. The molecule has 104 valence electrons. The first kappa shape index (κ1) is 12.9. The summed E-state index contributed by atoms with van der Waals surface area (Å²) in [6, 6.07) is 0.775. The lowest BCUT2D eigenvalue weighted by Crippen LogP contribution is -2.51. The van der Waals surface area contributed by atoms with Gasteiger partial charge in [-0.1, -0.05) is 25.7 Å². The standard InChI is InChI=1S/C16H29NO/c1-18-16(9-4-10-16)12-17-15-8-7-13-5-2-3-6-14(13)11-15/h13-15,17H,2-12H2,1H3. The summed E-state index contributed by atoms with van der Waals surface area (Å²) >= 11 is 0. The predicted octanol–water partition coefficient (Wildman–Crippen LogP) is 3.50. The van der Waals surface area contributed by atoms with Gasteiger partial charge in [-0.2, -0.15) is 0 Å². The molecule has 0 saturated heterocycles.